The van der Waals surface area contributed by atoms with E-state index in [4.69, 9.17) is 22.8 Å². The van der Waals surface area contributed by atoms with Crippen molar-refractivity contribution in [2.75, 3.05) is 6.61 Å². The van der Waals surface area contributed by atoms with Crippen molar-refractivity contribution in [3.8, 4) is 18.1 Å². The molecule has 2 aromatic rings. The lowest BCUT2D eigenvalue weighted by Crippen LogP contribution is -1.97. The lowest BCUT2D eigenvalue weighted by atomic mass is 10.2. The van der Waals surface area contributed by atoms with Gasteiger partial charge in [-0.05, 0) is 36.8 Å². The lowest BCUT2D eigenvalue weighted by Gasteiger charge is -2.06. The van der Waals surface area contributed by atoms with Crippen LogP contribution in [0.4, 0.5) is 5.69 Å². The highest BCUT2D eigenvalue weighted by atomic mass is 35.5. The molecule has 0 amide bonds. The van der Waals surface area contributed by atoms with Gasteiger partial charge in [0, 0.05) is 16.8 Å². The number of halogens is 1. The van der Waals surface area contributed by atoms with Gasteiger partial charge in [-0.15, -0.1) is 6.42 Å². The van der Waals surface area contributed by atoms with Crippen LogP contribution in [0.5, 0.6) is 5.75 Å². The number of aryl methyl sites for hydroxylation is 1. The van der Waals surface area contributed by atoms with E-state index in [1.165, 1.54) is 0 Å². The molecule has 2 nitrogen and oxygen atoms in total. The Morgan fingerprint density at radius 3 is 2.85 bits per heavy atom. The Kier molecular flexibility index (Phi) is 4.81. The summed E-state index contributed by atoms with van der Waals surface area (Å²) < 4.78 is 5.47. The summed E-state index contributed by atoms with van der Waals surface area (Å²) in [6.45, 7) is 2.23. The van der Waals surface area contributed by atoms with Gasteiger partial charge in [-0.1, -0.05) is 35.7 Å². The second-order valence-electron chi connectivity index (χ2n) is 4.22. The van der Waals surface area contributed by atoms with Crippen molar-refractivity contribution >= 4 is 23.5 Å². The molecule has 2 rings (SSSR count). The quantitative estimate of drug-likeness (QED) is 0.601. The fourth-order valence-corrected chi connectivity index (χ4v) is 1.90. The van der Waals surface area contributed by atoms with Crippen molar-refractivity contribution in [3.05, 3.63) is 58.6 Å². The molecule has 0 N–H and O–H groups in total. The third-order valence-electron chi connectivity index (χ3n) is 2.74. The second-order valence-corrected chi connectivity index (χ2v) is 4.66. The van der Waals surface area contributed by atoms with Gasteiger partial charge < -0.3 is 4.74 Å². The summed E-state index contributed by atoms with van der Waals surface area (Å²) in [7, 11) is 0. The average molecular weight is 284 g/mol. The van der Waals surface area contributed by atoms with Crippen LogP contribution < -0.4 is 4.74 Å². The standard InChI is InChI=1S/C17H14ClNO/c1-3-10-20-17-9-8-15(18)11-14(17)12-19-16-7-5-4-6-13(16)2/h1,4-9,11-12H,10H2,2H3. The zero-order valence-electron chi connectivity index (χ0n) is 11.1. The van der Waals surface area contributed by atoms with Crippen LogP contribution in [0, 0.1) is 19.3 Å². The molecule has 0 radical (unpaired) electrons. The highest BCUT2D eigenvalue weighted by molar-refractivity contribution is 6.30. The van der Waals surface area contributed by atoms with Crippen LogP contribution in [0.1, 0.15) is 11.1 Å². The Morgan fingerprint density at radius 2 is 2.10 bits per heavy atom. The molecule has 0 heterocycles. The van der Waals surface area contributed by atoms with E-state index in [0.29, 0.717) is 10.8 Å². The predicted molar refractivity (Wildman–Crippen MR) is 84.2 cm³/mol. The molecule has 0 aromatic heterocycles. The molecular formula is C17H14ClNO. The molecule has 0 fully saturated rings. The van der Waals surface area contributed by atoms with Crippen molar-refractivity contribution in [1.29, 1.82) is 0 Å². The number of hydrogen-bond acceptors (Lipinski definition) is 2. The van der Waals surface area contributed by atoms with Gasteiger partial charge in [0.25, 0.3) is 0 Å². The van der Waals surface area contributed by atoms with Crippen LogP contribution in [-0.2, 0) is 0 Å². The van der Waals surface area contributed by atoms with Crippen LogP contribution in [0.2, 0.25) is 5.02 Å². The first-order chi connectivity index (χ1) is 9.70. The summed E-state index contributed by atoms with van der Waals surface area (Å²) in [4.78, 5) is 4.47. The van der Waals surface area contributed by atoms with E-state index in [9.17, 15) is 0 Å². The van der Waals surface area contributed by atoms with E-state index in [1.807, 2.05) is 31.2 Å². The number of benzene rings is 2. The predicted octanol–water partition coefficient (Wildman–Crippen LogP) is 4.41. The van der Waals surface area contributed by atoms with Crippen molar-refractivity contribution in [1.82, 2.24) is 0 Å². The first kappa shape index (κ1) is 14.2. The number of para-hydroxylation sites is 1. The summed E-state index contributed by atoms with van der Waals surface area (Å²) in [5.74, 6) is 3.11. The minimum Gasteiger partial charge on any atom is -0.480 e. The van der Waals surface area contributed by atoms with Crippen LogP contribution >= 0.6 is 11.6 Å². The molecule has 0 saturated heterocycles. The van der Waals surface area contributed by atoms with Gasteiger partial charge in [0.1, 0.15) is 12.4 Å². The van der Waals surface area contributed by atoms with Crippen molar-refractivity contribution in [3.63, 3.8) is 0 Å². The van der Waals surface area contributed by atoms with Crippen molar-refractivity contribution in [2.45, 2.75) is 6.92 Å². The molecule has 3 heteroatoms. The second kappa shape index (κ2) is 6.79. The zero-order chi connectivity index (χ0) is 14.4. The fourth-order valence-electron chi connectivity index (χ4n) is 1.72. The van der Waals surface area contributed by atoms with Crippen molar-refractivity contribution in [2.24, 2.45) is 4.99 Å². The maximum Gasteiger partial charge on any atom is 0.148 e. The molecule has 2 aromatic carbocycles. The van der Waals surface area contributed by atoms with E-state index < -0.39 is 0 Å². The Balaban J connectivity index is 2.30. The van der Waals surface area contributed by atoms with E-state index in [-0.39, 0.29) is 6.61 Å². The maximum absolute atomic E-state index is 6.01. The van der Waals surface area contributed by atoms with Gasteiger partial charge in [0.15, 0.2) is 0 Å². The minimum absolute atomic E-state index is 0.215. The molecule has 0 aliphatic carbocycles. The van der Waals surface area contributed by atoms with Crippen molar-refractivity contribution < 1.29 is 4.74 Å². The van der Waals surface area contributed by atoms with Crippen LogP contribution in [0.3, 0.4) is 0 Å². The third kappa shape index (κ3) is 3.63. The smallest absolute Gasteiger partial charge is 0.148 e. The van der Waals surface area contributed by atoms with Gasteiger partial charge in [0.2, 0.25) is 0 Å². The Bertz CT molecular complexity index is 671. The van der Waals surface area contributed by atoms with E-state index in [0.717, 1.165) is 16.8 Å². The van der Waals surface area contributed by atoms with Gasteiger partial charge in [-0.2, -0.15) is 0 Å². The SMILES string of the molecule is C#CCOc1ccc(Cl)cc1C=Nc1ccccc1C. The topological polar surface area (TPSA) is 21.6 Å². The number of hydrogen-bond donors (Lipinski definition) is 0. The van der Waals surface area contributed by atoms with Gasteiger partial charge >= 0.3 is 0 Å². The number of nitrogens with zero attached hydrogens (tertiary/aromatic N) is 1. The third-order valence-corrected chi connectivity index (χ3v) is 2.98. The van der Waals surface area contributed by atoms with Crippen LogP contribution in [0.25, 0.3) is 0 Å². The molecule has 0 unspecified atom stereocenters. The molecule has 0 spiro atoms. The molecule has 20 heavy (non-hydrogen) atoms. The normalized spacial score (nSPS) is 10.4. The molecule has 0 saturated carbocycles. The fraction of sp³-hybridized carbons (Fsp3) is 0.118. The Labute approximate surface area is 124 Å². The van der Waals surface area contributed by atoms with Gasteiger partial charge in [-0.25, -0.2) is 0 Å². The average Bonchev–Trinajstić information content (AvgIpc) is 2.45. The number of aliphatic imine (C=N–C) groups is 1. The molecule has 0 bridgehead atoms. The summed E-state index contributed by atoms with van der Waals surface area (Å²) in [6.07, 6.45) is 6.94. The molecule has 0 aliphatic rings. The van der Waals surface area contributed by atoms with Crippen LogP contribution in [0.15, 0.2) is 47.5 Å². The van der Waals surface area contributed by atoms with E-state index in [1.54, 1.807) is 24.4 Å². The largest absolute Gasteiger partial charge is 0.480 e. The summed E-state index contributed by atoms with van der Waals surface area (Å²) in [5.41, 5.74) is 2.82. The number of terminal acetylenes is 1. The number of ether oxygens (including phenoxy) is 1. The van der Waals surface area contributed by atoms with Gasteiger partial charge in [0.05, 0.1) is 5.69 Å². The summed E-state index contributed by atoms with van der Waals surface area (Å²) in [6, 6.07) is 13.3. The zero-order valence-corrected chi connectivity index (χ0v) is 11.9. The Morgan fingerprint density at radius 1 is 1.30 bits per heavy atom. The first-order valence-electron chi connectivity index (χ1n) is 6.16. The molecule has 0 aliphatic heterocycles. The monoisotopic (exact) mass is 283 g/mol. The summed E-state index contributed by atoms with van der Waals surface area (Å²) in [5, 5.41) is 0.629. The lowest BCUT2D eigenvalue weighted by molar-refractivity contribution is 0.370. The molecule has 100 valence electrons. The molecule has 0 atom stereocenters. The Hall–Kier alpha value is -2.24. The van der Waals surface area contributed by atoms with Crippen LogP contribution in [-0.4, -0.2) is 12.8 Å². The summed E-state index contributed by atoms with van der Waals surface area (Å²) >= 11 is 6.01. The minimum atomic E-state index is 0.215. The maximum atomic E-state index is 6.01. The highest BCUT2D eigenvalue weighted by Gasteiger charge is 2.02. The van der Waals surface area contributed by atoms with E-state index >= 15 is 0 Å². The number of rotatable bonds is 4. The molecular weight excluding hydrogens is 270 g/mol. The van der Waals surface area contributed by atoms with Gasteiger partial charge in [-0.3, -0.25) is 4.99 Å². The van der Waals surface area contributed by atoms with E-state index in [2.05, 4.69) is 10.9 Å². The first-order valence-corrected chi connectivity index (χ1v) is 6.54. The highest BCUT2D eigenvalue weighted by Crippen LogP contribution is 2.23.